The molecule has 1 heterocycles. The van der Waals surface area contributed by atoms with Crippen LogP contribution in [0.2, 0.25) is 0 Å². The van der Waals surface area contributed by atoms with Crippen LogP contribution in [0.15, 0.2) is 0 Å². The zero-order valence-corrected chi connectivity index (χ0v) is 9.98. The first-order chi connectivity index (χ1) is 7.13. The maximum atomic E-state index is 11.4. The van der Waals surface area contributed by atoms with E-state index in [0.717, 1.165) is 25.9 Å². The largest absolute Gasteiger partial charge is 0.393 e. The Balaban J connectivity index is 2.56. The molecule has 0 aromatic rings. The number of hydrogen-bond donors (Lipinski definition) is 2. The fourth-order valence-electron chi connectivity index (χ4n) is 1.90. The monoisotopic (exact) mass is 229 g/mol. The summed E-state index contributed by atoms with van der Waals surface area (Å²) in [4.78, 5) is 14.1. The quantitative estimate of drug-likeness (QED) is 0.679. The number of nitrogens with two attached hydrogens (primary N) is 1. The van der Waals surface area contributed by atoms with E-state index < -0.39 is 0 Å². The molecule has 0 aliphatic carbocycles. The molecule has 0 bridgehead atoms. The van der Waals surface area contributed by atoms with E-state index in [4.69, 9.17) is 18.0 Å². The Morgan fingerprint density at radius 3 is 3.07 bits per heavy atom. The van der Waals surface area contributed by atoms with E-state index in [0.29, 0.717) is 24.0 Å². The van der Waals surface area contributed by atoms with Gasteiger partial charge >= 0.3 is 0 Å². The number of nitrogens with zero attached hydrogens (tertiary/aromatic N) is 1. The van der Waals surface area contributed by atoms with Crippen LogP contribution >= 0.6 is 12.2 Å². The third-order valence-electron chi connectivity index (χ3n) is 2.72. The summed E-state index contributed by atoms with van der Waals surface area (Å²) < 4.78 is 0. The van der Waals surface area contributed by atoms with Gasteiger partial charge in [0.05, 0.1) is 11.5 Å². The summed E-state index contributed by atoms with van der Waals surface area (Å²) in [5.74, 6) is 0.105. The van der Waals surface area contributed by atoms with Crippen LogP contribution in [-0.2, 0) is 4.79 Å². The van der Waals surface area contributed by atoms with Gasteiger partial charge in [-0.2, -0.15) is 0 Å². The van der Waals surface area contributed by atoms with E-state index >= 15 is 0 Å². The smallest absolute Gasteiger partial charge is 0.234 e. The van der Waals surface area contributed by atoms with Gasteiger partial charge in [-0.3, -0.25) is 9.69 Å². The van der Waals surface area contributed by atoms with E-state index in [-0.39, 0.29) is 5.91 Å². The fourth-order valence-corrected chi connectivity index (χ4v) is 2.10. The van der Waals surface area contributed by atoms with Gasteiger partial charge in [0.2, 0.25) is 5.91 Å². The van der Waals surface area contributed by atoms with Gasteiger partial charge in [0.1, 0.15) is 0 Å². The average molecular weight is 229 g/mol. The summed E-state index contributed by atoms with van der Waals surface area (Å²) in [6.07, 6.45) is 2.68. The molecule has 15 heavy (non-hydrogen) atoms. The average Bonchev–Trinajstić information content (AvgIpc) is 2.39. The number of rotatable bonds is 4. The Kier molecular flexibility index (Phi) is 4.98. The normalized spacial score (nSPS) is 20.5. The lowest BCUT2D eigenvalue weighted by Crippen LogP contribution is -2.41. The molecule has 3 N–H and O–H groups in total. The van der Waals surface area contributed by atoms with Crippen molar-refractivity contribution in [2.75, 3.05) is 19.6 Å². The Hall–Kier alpha value is -0.680. The molecule has 0 aromatic carbocycles. The molecule has 0 aromatic heterocycles. The van der Waals surface area contributed by atoms with Crippen LogP contribution < -0.4 is 11.1 Å². The number of carbonyl (C=O) groups excluding carboxylic acids is 1. The lowest BCUT2D eigenvalue weighted by molar-refractivity contribution is -0.121. The van der Waals surface area contributed by atoms with Crippen LogP contribution in [0.5, 0.6) is 0 Å². The summed E-state index contributed by atoms with van der Waals surface area (Å²) in [5, 5.41) is 2.86. The molecule has 0 spiro atoms. The molecule has 86 valence electrons. The molecule has 0 radical (unpaired) electrons. The maximum absolute atomic E-state index is 11.4. The molecule has 1 rings (SSSR count). The highest BCUT2D eigenvalue weighted by Crippen LogP contribution is 2.10. The molecule has 4 nitrogen and oxygen atoms in total. The van der Waals surface area contributed by atoms with E-state index in [1.807, 2.05) is 0 Å². The topological polar surface area (TPSA) is 58.4 Å². The Morgan fingerprint density at radius 2 is 2.47 bits per heavy atom. The highest BCUT2D eigenvalue weighted by Gasteiger charge is 2.21. The second kappa shape index (κ2) is 6.02. The van der Waals surface area contributed by atoms with Crippen LogP contribution in [-0.4, -0.2) is 41.5 Å². The Labute approximate surface area is 96.2 Å². The van der Waals surface area contributed by atoms with Crippen molar-refractivity contribution in [3.05, 3.63) is 0 Å². The van der Waals surface area contributed by atoms with E-state index in [9.17, 15) is 4.79 Å². The van der Waals surface area contributed by atoms with Gasteiger partial charge in [-0.1, -0.05) is 19.1 Å². The Morgan fingerprint density at radius 1 is 1.73 bits per heavy atom. The van der Waals surface area contributed by atoms with Crippen molar-refractivity contribution in [2.24, 2.45) is 5.73 Å². The van der Waals surface area contributed by atoms with Crippen molar-refractivity contribution in [1.29, 1.82) is 0 Å². The van der Waals surface area contributed by atoms with Gasteiger partial charge in [0.25, 0.3) is 0 Å². The second-order valence-electron chi connectivity index (χ2n) is 3.91. The number of amides is 1. The van der Waals surface area contributed by atoms with Gasteiger partial charge in [-0.15, -0.1) is 0 Å². The summed E-state index contributed by atoms with van der Waals surface area (Å²) in [5.41, 5.74) is 5.55. The molecule has 1 unspecified atom stereocenters. The Bertz CT molecular complexity index is 245. The molecule has 1 amide bonds. The zero-order chi connectivity index (χ0) is 11.3. The molecular formula is C10H19N3OS. The van der Waals surface area contributed by atoms with E-state index in [1.165, 1.54) is 0 Å². The van der Waals surface area contributed by atoms with E-state index in [1.54, 1.807) is 0 Å². The van der Waals surface area contributed by atoms with Crippen LogP contribution in [0.4, 0.5) is 0 Å². The standard InChI is InChI=1S/C10H19N3OS/c1-2-8(6-9(11)15)13-5-3-4-12-10(14)7-13/h8H,2-7H2,1H3,(H2,11,15)(H,12,14). The van der Waals surface area contributed by atoms with Gasteiger partial charge in [-0.25, -0.2) is 0 Å². The van der Waals surface area contributed by atoms with Crippen molar-refractivity contribution in [3.63, 3.8) is 0 Å². The third kappa shape index (κ3) is 4.13. The number of carbonyl (C=O) groups is 1. The number of nitrogens with one attached hydrogen (secondary N) is 1. The number of hydrogen-bond acceptors (Lipinski definition) is 3. The molecule has 1 fully saturated rings. The van der Waals surface area contributed by atoms with Crippen molar-refractivity contribution in [3.8, 4) is 0 Å². The first-order valence-corrected chi connectivity index (χ1v) is 5.83. The molecule has 1 saturated heterocycles. The first kappa shape index (κ1) is 12.4. The van der Waals surface area contributed by atoms with Crippen LogP contribution in [0.3, 0.4) is 0 Å². The lowest BCUT2D eigenvalue weighted by atomic mass is 10.1. The first-order valence-electron chi connectivity index (χ1n) is 5.42. The van der Waals surface area contributed by atoms with Crippen LogP contribution in [0, 0.1) is 0 Å². The molecule has 1 aliphatic heterocycles. The summed E-state index contributed by atoms with van der Waals surface area (Å²) in [6, 6.07) is 0.311. The summed E-state index contributed by atoms with van der Waals surface area (Å²) >= 11 is 4.92. The van der Waals surface area contributed by atoms with Crippen LogP contribution in [0.1, 0.15) is 26.2 Å². The van der Waals surface area contributed by atoms with Gasteiger partial charge in [0.15, 0.2) is 0 Å². The molecule has 5 heteroatoms. The third-order valence-corrected chi connectivity index (χ3v) is 2.88. The van der Waals surface area contributed by atoms with Gasteiger partial charge in [0, 0.05) is 25.6 Å². The molecular weight excluding hydrogens is 210 g/mol. The SMILES string of the molecule is CCC(CC(N)=S)N1CCCNC(=O)C1. The van der Waals surface area contributed by atoms with E-state index in [2.05, 4.69) is 17.1 Å². The lowest BCUT2D eigenvalue weighted by Gasteiger charge is -2.28. The molecule has 1 atom stereocenters. The number of thiocarbonyl (C=S) groups is 1. The second-order valence-corrected chi connectivity index (χ2v) is 4.43. The minimum atomic E-state index is 0.105. The minimum absolute atomic E-state index is 0.105. The molecule has 0 saturated carbocycles. The predicted molar refractivity (Wildman–Crippen MR) is 64.7 cm³/mol. The van der Waals surface area contributed by atoms with Crippen molar-refractivity contribution in [2.45, 2.75) is 32.2 Å². The van der Waals surface area contributed by atoms with Crippen molar-refractivity contribution >= 4 is 23.1 Å². The van der Waals surface area contributed by atoms with Gasteiger partial charge in [-0.05, 0) is 12.8 Å². The fraction of sp³-hybridized carbons (Fsp3) is 0.800. The maximum Gasteiger partial charge on any atom is 0.234 e. The molecule has 1 aliphatic rings. The highest BCUT2D eigenvalue weighted by atomic mass is 32.1. The summed E-state index contributed by atoms with van der Waals surface area (Å²) in [7, 11) is 0. The highest BCUT2D eigenvalue weighted by molar-refractivity contribution is 7.80. The minimum Gasteiger partial charge on any atom is -0.393 e. The van der Waals surface area contributed by atoms with Gasteiger partial charge < -0.3 is 11.1 Å². The summed E-state index contributed by atoms with van der Waals surface area (Å²) in [6.45, 7) is 4.30. The van der Waals surface area contributed by atoms with Crippen LogP contribution in [0.25, 0.3) is 0 Å². The zero-order valence-electron chi connectivity index (χ0n) is 9.16. The predicted octanol–water partition coefficient (Wildman–Crippen LogP) is 0.263. The van der Waals surface area contributed by atoms with Crippen molar-refractivity contribution in [1.82, 2.24) is 10.2 Å². The van der Waals surface area contributed by atoms with Crippen molar-refractivity contribution < 1.29 is 4.79 Å².